The summed E-state index contributed by atoms with van der Waals surface area (Å²) in [4.78, 5) is 6.79. The van der Waals surface area contributed by atoms with Gasteiger partial charge in [0.1, 0.15) is 5.75 Å². The van der Waals surface area contributed by atoms with Gasteiger partial charge >= 0.3 is 0 Å². The van der Waals surface area contributed by atoms with Gasteiger partial charge in [0, 0.05) is 39.8 Å². The number of guanidine groups is 1. The third-order valence-electron chi connectivity index (χ3n) is 4.50. The molecule has 1 atom stereocenters. The van der Waals surface area contributed by atoms with Crippen LogP contribution in [-0.4, -0.2) is 63.9 Å². The summed E-state index contributed by atoms with van der Waals surface area (Å²) in [6, 6.07) is 6.24. The Morgan fingerprint density at radius 2 is 2.19 bits per heavy atom. The van der Waals surface area contributed by atoms with Crippen LogP contribution < -0.4 is 15.4 Å². The lowest BCUT2D eigenvalue weighted by Crippen LogP contribution is -2.50. The Morgan fingerprint density at radius 1 is 1.38 bits per heavy atom. The van der Waals surface area contributed by atoms with Crippen LogP contribution in [0.2, 0.25) is 0 Å². The van der Waals surface area contributed by atoms with Gasteiger partial charge in [0.25, 0.3) is 0 Å². The number of hydrogen-bond donors (Lipinski definition) is 2. The van der Waals surface area contributed by atoms with Gasteiger partial charge in [0.2, 0.25) is 0 Å². The lowest BCUT2D eigenvalue weighted by molar-refractivity contribution is -0.0284. The molecule has 0 amide bonds. The molecule has 0 spiro atoms. The molecule has 0 aliphatic carbocycles. The monoisotopic (exact) mass is 362 g/mol. The minimum absolute atomic E-state index is 0.195. The van der Waals surface area contributed by atoms with Gasteiger partial charge in [-0.2, -0.15) is 0 Å². The first-order valence-corrected chi connectivity index (χ1v) is 9.43. The number of aliphatic imine (C=N–C) groups is 1. The zero-order chi connectivity index (χ0) is 18.9. The SMILES string of the molecule is CN=C(NCc1ccc(C)c(OC)c1)NCC1CN(CC(C)C)CCO1. The number of morpholine rings is 1. The average Bonchev–Trinajstić information content (AvgIpc) is 2.62. The molecule has 0 aromatic heterocycles. The van der Waals surface area contributed by atoms with Crippen LogP contribution in [0.4, 0.5) is 0 Å². The molecule has 1 heterocycles. The fourth-order valence-corrected chi connectivity index (χ4v) is 3.18. The standard InChI is InChI=1S/C20H34N4O2/c1-15(2)13-24-8-9-26-18(14-24)12-23-20(21-4)22-11-17-7-6-16(3)19(10-17)25-5/h6-7,10,15,18H,8-9,11-14H2,1-5H3,(H2,21,22,23). The van der Waals surface area contributed by atoms with Crippen LogP contribution in [0.3, 0.4) is 0 Å². The minimum Gasteiger partial charge on any atom is -0.496 e. The molecule has 2 N–H and O–H groups in total. The van der Waals surface area contributed by atoms with Gasteiger partial charge in [-0.05, 0) is 30.0 Å². The molecule has 0 saturated carbocycles. The van der Waals surface area contributed by atoms with Crippen molar-refractivity contribution in [3.8, 4) is 5.75 Å². The molecule has 1 aromatic carbocycles. The number of nitrogens with zero attached hydrogens (tertiary/aromatic N) is 2. The maximum atomic E-state index is 5.89. The molecule has 0 bridgehead atoms. The molecule has 26 heavy (non-hydrogen) atoms. The molecule has 6 heteroatoms. The van der Waals surface area contributed by atoms with Gasteiger partial charge in [-0.3, -0.25) is 9.89 Å². The third kappa shape index (κ3) is 6.50. The Labute approximate surface area is 158 Å². The predicted molar refractivity (Wildman–Crippen MR) is 107 cm³/mol. The van der Waals surface area contributed by atoms with E-state index in [9.17, 15) is 0 Å². The molecule has 6 nitrogen and oxygen atoms in total. The maximum absolute atomic E-state index is 5.89. The van der Waals surface area contributed by atoms with Gasteiger partial charge in [0.15, 0.2) is 5.96 Å². The van der Waals surface area contributed by atoms with E-state index in [1.165, 1.54) is 0 Å². The summed E-state index contributed by atoms with van der Waals surface area (Å²) in [6.07, 6.45) is 0.195. The normalized spacial score (nSPS) is 18.8. The second-order valence-corrected chi connectivity index (χ2v) is 7.26. The van der Waals surface area contributed by atoms with E-state index in [-0.39, 0.29) is 6.10 Å². The Balaban J connectivity index is 1.79. The fraction of sp³-hybridized carbons (Fsp3) is 0.650. The first kappa shape index (κ1) is 20.5. The summed E-state index contributed by atoms with van der Waals surface area (Å²) in [7, 11) is 3.49. The quantitative estimate of drug-likeness (QED) is 0.574. The molecule has 1 saturated heterocycles. The van der Waals surface area contributed by atoms with Crippen molar-refractivity contribution in [2.45, 2.75) is 33.4 Å². The first-order chi connectivity index (χ1) is 12.5. The summed E-state index contributed by atoms with van der Waals surface area (Å²) in [5, 5.41) is 6.73. The minimum atomic E-state index is 0.195. The van der Waals surface area contributed by atoms with Crippen LogP contribution in [0.15, 0.2) is 23.2 Å². The van der Waals surface area contributed by atoms with Gasteiger partial charge in [-0.15, -0.1) is 0 Å². The highest BCUT2D eigenvalue weighted by atomic mass is 16.5. The van der Waals surface area contributed by atoms with Crippen molar-refractivity contribution >= 4 is 5.96 Å². The Morgan fingerprint density at radius 3 is 2.88 bits per heavy atom. The zero-order valence-corrected chi connectivity index (χ0v) is 16.8. The van der Waals surface area contributed by atoms with E-state index in [1.807, 2.05) is 6.92 Å². The Hall–Kier alpha value is -1.79. The molecule has 1 aliphatic heterocycles. The highest BCUT2D eigenvalue weighted by Gasteiger charge is 2.21. The van der Waals surface area contributed by atoms with Crippen LogP contribution in [0.1, 0.15) is 25.0 Å². The van der Waals surface area contributed by atoms with E-state index in [0.717, 1.165) is 55.6 Å². The van der Waals surface area contributed by atoms with Crippen molar-refractivity contribution in [3.63, 3.8) is 0 Å². The highest BCUT2D eigenvalue weighted by molar-refractivity contribution is 5.79. The Kier molecular flexibility index (Phi) is 8.19. The van der Waals surface area contributed by atoms with Gasteiger partial charge in [-0.1, -0.05) is 26.0 Å². The largest absolute Gasteiger partial charge is 0.496 e. The van der Waals surface area contributed by atoms with Crippen molar-refractivity contribution in [3.05, 3.63) is 29.3 Å². The molecule has 1 fully saturated rings. The molecular formula is C20H34N4O2. The molecule has 2 rings (SSSR count). The third-order valence-corrected chi connectivity index (χ3v) is 4.50. The van der Waals surface area contributed by atoms with Gasteiger partial charge in [0.05, 0.1) is 19.8 Å². The fourth-order valence-electron chi connectivity index (χ4n) is 3.18. The van der Waals surface area contributed by atoms with E-state index >= 15 is 0 Å². The lowest BCUT2D eigenvalue weighted by atomic mass is 10.1. The van der Waals surface area contributed by atoms with Crippen molar-refractivity contribution in [1.29, 1.82) is 0 Å². The van der Waals surface area contributed by atoms with E-state index in [4.69, 9.17) is 9.47 Å². The summed E-state index contributed by atoms with van der Waals surface area (Å²) < 4.78 is 11.3. The van der Waals surface area contributed by atoms with Crippen LogP contribution in [0, 0.1) is 12.8 Å². The second kappa shape index (κ2) is 10.4. The summed E-state index contributed by atoms with van der Waals surface area (Å²) >= 11 is 0. The molecule has 1 aromatic rings. The van der Waals surface area contributed by atoms with Crippen LogP contribution >= 0.6 is 0 Å². The van der Waals surface area contributed by atoms with Crippen molar-refractivity contribution in [2.75, 3.05) is 46.9 Å². The number of ether oxygens (including phenoxy) is 2. The number of rotatable bonds is 7. The molecule has 1 unspecified atom stereocenters. The number of nitrogens with one attached hydrogen (secondary N) is 2. The van der Waals surface area contributed by atoms with Gasteiger partial charge in [-0.25, -0.2) is 0 Å². The highest BCUT2D eigenvalue weighted by Crippen LogP contribution is 2.18. The van der Waals surface area contributed by atoms with E-state index in [0.29, 0.717) is 12.5 Å². The number of aryl methyl sites for hydroxylation is 1. The van der Waals surface area contributed by atoms with E-state index < -0.39 is 0 Å². The van der Waals surface area contributed by atoms with E-state index in [2.05, 4.69) is 52.6 Å². The smallest absolute Gasteiger partial charge is 0.191 e. The van der Waals surface area contributed by atoms with Crippen LogP contribution in [0.5, 0.6) is 5.75 Å². The number of benzene rings is 1. The lowest BCUT2D eigenvalue weighted by Gasteiger charge is -2.34. The topological polar surface area (TPSA) is 58.1 Å². The molecule has 0 radical (unpaired) electrons. The van der Waals surface area contributed by atoms with Crippen molar-refractivity contribution < 1.29 is 9.47 Å². The Bertz CT molecular complexity index is 589. The summed E-state index contributed by atoms with van der Waals surface area (Å²) in [5.41, 5.74) is 2.30. The van der Waals surface area contributed by atoms with Crippen LogP contribution in [-0.2, 0) is 11.3 Å². The first-order valence-electron chi connectivity index (χ1n) is 9.43. The molecule has 1 aliphatic rings. The maximum Gasteiger partial charge on any atom is 0.191 e. The summed E-state index contributed by atoms with van der Waals surface area (Å²) in [5.74, 6) is 2.38. The van der Waals surface area contributed by atoms with Crippen molar-refractivity contribution in [1.82, 2.24) is 15.5 Å². The van der Waals surface area contributed by atoms with Crippen LogP contribution in [0.25, 0.3) is 0 Å². The molecule has 146 valence electrons. The summed E-state index contributed by atoms with van der Waals surface area (Å²) in [6.45, 7) is 11.9. The second-order valence-electron chi connectivity index (χ2n) is 7.26. The van der Waals surface area contributed by atoms with Gasteiger partial charge < -0.3 is 20.1 Å². The van der Waals surface area contributed by atoms with E-state index in [1.54, 1.807) is 14.2 Å². The predicted octanol–water partition coefficient (Wildman–Crippen LogP) is 2.03. The molecular weight excluding hydrogens is 328 g/mol. The zero-order valence-electron chi connectivity index (χ0n) is 16.8. The average molecular weight is 363 g/mol. The number of methoxy groups -OCH3 is 1. The number of hydrogen-bond acceptors (Lipinski definition) is 4. The van der Waals surface area contributed by atoms with Crippen molar-refractivity contribution in [2.24, 2.45) is 10.9 Å².